The third-order valence-corrected chi connectivity index (χ3v) is 6.52. The van der Waals surface area contributed by atoms with Crippen LogP contribution in [-0.4, -0.2) is 31.5 Å². The minimum atomic E-state index is -3.60. The summed E-state index contributed by atoms with van der Waals surface area (Å²) in [6, 6.07) is 13.6. The fourth-order valence-corrected chi connectivity index (χ4v) is 5.00. The standard InChI is InChI=1S/C23H29N5O2S/c1-15-6-8-20(9-7-15)27-21-14-19(5)26-23(28-21)24-10-11-25-31(29,30)22-17(3)12-16(2)13-18(22)4/h6-9,12-14,25H,10-11H2,1-5H3,(H2,24,26,27,28). The summed E-state index contributed by atoms with van der Waals surface area (Å²) in [5.74, 6) is 1.11. The summed E-state index contributed by atoms with van der Waals surface area (Å²) in [6.07, 6.45) is 0. The fourth-order valence-electron chi connectivity index (χ4n) is 3.52. The monoisotopic (exact) mass is 439 g/mol. The minimum absolute atomic E-state index is 0.215. The predicted molar refractivity (Wildman–Crippen MR) is 126 cm³/mol. The minimum Gasteiger partial charge on any atom is -0.353 e. The molecule has 0 amide bonds. The lowest BCUT2D eigenvalue weighted by atomic mass is 10.1. The van der Waals surface area contributed by atoms with E-state index in [2.05, 4.69) is 25.3 Å². The Morgan fingerprint density at radius 2 is 1.45 bits per heavy atom. The highest BCUT2D eigenvalue weighted by Gasteiger charge is 2.19. The van der Waals surface area contributed by atoms with Crippen LogP contribution in [0, 0.1) is 34.6 Å². The number of nitrogens with one attached hydrogen (secondary N) is 3. The highest BCUT2D eigenvalue weighted by Crippen LogP contribution is 2.21. The van der Waals surface area contributed by atoms with Gasteiger partial charge in [0.1, 0.15) is 5.82 Å². The number of aromatic nitrogens is 2. The molecule has 0 aliphatic carbocycles. The smallest absolute Gasteiger partial charge is 0.241 e. The Hall–Kier alpha value is -2.97. The molecule has 0 bridgehead atoms. The Bertz CT molecular complexity index is 1150. The van der Waals surface area contributed by atoms with Crippen molar-refractivity contribution in [2.45, 2.75) is 39.5 Å². The molecule has 3 N–H and O–H groups in total. The molecule has 0 radical (unpaired) electrons. The number of aryl methyl sites for hydroxylation is 5. The molecule has 7 nitrogen and oxygen atoms in total. The maximum atomic E-state index is 12.8. The summed E-state index contributed by atoms with van der Waals surface area (Å²) in [5, 5.41) is 6.36. The number of benzene rings is 2. The summed E-state index contributed by atoms with van der Waals surface area (Å²) in [4.78, 5) is 9.19. The van der Waals surface area contributed by atoms with Crippen molar-refractivity contribution in [3.8, 4) is 0 Å². The highest BCUT2D eigenvalue weighted by molar-refractivity contribution is 7.89. The molecule has 1 heterocycles. The van der Waals surface area contributed by atoms with Crippen LogP contribution in [0.1, 0.15) is 27.9 Å². The Balaban J connectivity index is 1.62. The number of hydrogen-bond donors (Lipinski definition) is 3. The van der Waals surface area contributed by atoms with Crippen molar-refractivity contribution in [1.82, 2.24) is 14.7 Å². The van der Waals surface area contributed by atoms with Crippen molar-refractivity contribution >= 4 is 27.5 Å². The van der Waals surface area contributed by atoms with E-state index in [0.717, 1.165) is 28.1 Å². The molecule has 3 aromatic rings. The van der Waals surface area contributed by atoms with Crippen molar-refractivity contribution in [3.05, 3.63) is 70.4 Å². The van der Waals surface area contributed by atoms with Gasteiger partial charge in [-0.2, -0.15) is 4.98 Å². The van der Waals surface area contributed by atoms with Crippen LogP contribution < -0.4 is 15.4 Å². The zero-order chi connectivity index (χ0) is 22.6. The first-order chi connectivity index (χ1) is 14.6. The van der Waals surface area contributed by atoms with Gasteiger partial charge in [-0.1, -0.05) is 35.4 Å². The highest BCUT2D eigenvalue weighted by atomic mass is 32.2. The van der Waals surface area contributed by atoms with Crippen LogP contribution in [0.4, 0.5) is 17.5 Å². The molecular weight excluding hydrogens is 410 g/mol. The summed E-state index contributed by atoms with van der Waals surface area (Å²) in [5.41, 5.74) is 5.45. The van der Waals surface area contributed by atoms with Gasteiger partial charge in [0.25, 0.3) is 0 Å². The largest absolute Gasteiger partial charge is 0.353 e. The molecule has 0 atom stereocenters. The first-order valence-electron chi connectivity index (χ1n) is 10.1. The molecule has 3 rings (SSSR count). The van der Waals surface area contributed by atoms with Crippen LogP contribution >= 0.6 is 0 Å². The molecular formula is C23H29N5O2S. The SMILES string of the molecule is Cc1ccc(Nc2cc(C)nc(NCCNS(=O)(=O)c3c(C)cc(C)cc3C)n2)cc1. The Labute approximate surface area is 184 Å². The lowest BCUT2D eigenvalue weighted by molar-refractivity contribution is 0.581. The van der Waals surface area contributed by atoms with Gasteiger partial charge in [0.05, 0.1) is 4.90 Å². The zero-order valence-electron chi connectivity index (χ0n) is 18.6. The Morgan fingerprint density at radius 1 is 0.806 bits per heavy atom. The number of hydrogen-bond acceptors (Lipinski definition) is 6. The molecule has 31 heavy (non-hydrogen) atoms. The number of nitrogens with zero attached hydrogens (tertiary/aromatic N) is 2. The first kappa shape index (κ1) is 22.7. The topological polar surface area (TPSA) is 96.0 Å². The third-order valence-electron chi connectivity index (χ3n) is 4.75. The van der Waals surface area contributed by atoms with Crippen molar-refractivity contribution < 1.29 is 8.42 Å². The maximum Gasteiger partial charge on any atom is 0.241 e. The van der Waals surface area contributed by atoms with Gasteiger partial charge in [-0.3, -0.25) is 0 Å². The quantitative estimate of drug-likeness (QED) is 0.456. The molecule has 2 aromatic carbocycles. The third kappa shape index (κ3) is 6.02. The van der Waals surface area contributed by atoms with Gasteiger partial charge in [-0.15, -0.1) is 0 Å². The fraction of sp³-hybridized carbons (Fsp3) is 0.304. The average molecular weight is 440 g/mol. The first-order valence-corrected chi connectivity index (χ1v) is 11.6. The molecule has 0 spiro atoms. The van der Waals surface area contributed by atoms with Gasteiger partial charge in [-0.05, 0) is 57.9 Å². The second-order valence-corrected chi connectivity index (χ2v) is 9.47. The molecule has 0 aliphatic heterocycles. The maximum absolute atomic E-state index is 12.8. The van der Waals surface area contributed by atoms with E-state index in [1.807, 2.05) is 77.1 Å². The lowest BCUT2D eigenvalue weighted by Gasteiger charge is -2.14. The van der Waals surface area contributed by atoms with Crippen molar-refractivity contribution in [2.24, 2.45) is 0 Å². The summed E-state index contributed by atoms with van der Waals surface area (Å²) in [7, 11) is -3.60. The van der Waals surface area contributed by atoms with Gasteiger partial charge in [0, 0.05) is 30.5 Å². The molecule has 0 unspecified atom stereocenters. The lowest BCUT2D eigenvalue weighted by Crippen LogP contribution is -2.30. The van der Waals surface area contributed by atoms with E-state index in [0.29, 0.717) is 23.2 Å². The van der Waals surface area contributed by atoms with E-state index in [1.165, 1.54) is 5.56 Å². The number of sulfonamides is 1. The van der Waals surface area contributed by atoms with Gasteiger partial charge >= 0.3 is 0 Å². The van der Waals surface area contributed by atoms with Crippen molar-refractivity contribution in [1.29, 1.82) is 0 Å². The second kappa shape index (κ2) is 9.45. The number of anilines is 3. The summed E-state index contributed by atoms with van der Waals surface area (Å²) < 4.78 is 28.2. The van der Waals surface area contributed by atoms with Crippen molar-refractivity contribution in [2.75, 3.05) is 23.7 Å². The van der Waals surface area contributed by atoms with Crippen LogP contribution in [-0.2, 0) is 10.0 Å². The molecule has 164 valence electrons. The molecule has 0 fully saturated rings. The second-order valence-electron chi connectivity index (χ2n) is 7.76. The molecule has 0 saturated carbocycles. The van der Waals surface area contributed by atoms with Crippen LogP contribution in [0.3, 0.4) is 0 Å². The predicted octanol–water partition coefficient (Wildman–Crippen LogP) is 4.15. The van der Waals surface area contributed by atoms with E-state index in [-0.39, 0.29) is 6.54 Å². The normalized spacial score (nSPS) is 11.4. The van der Waals surface area contributed by atoms with Gasteiger partial charge in [0.2, 0.25) is 16.0 Å². The van der Waals surface area contributed by atoms with Crippen LogP contribution in [0.2, 0.25) is 0 Å². The van der Waals surface area contributed by atoms with E-state index in [1.54, 1.807) is 0 Å². The van der Waals surface area contributed by atoms with Crippen LogP contribution in [0.25, 0.3) is 0 Å². The Kier molecular flexibility index (Phi) is 6.92. The zero-order valence-corrected chi connectivity index (χ0v) is 19.4. The van der Waals surface area contributed by atoms with E-state index in [9.17, 15) is 8.42 Å². The van der Waals surface area contributed by atoms with E-state index < -0.39 is 10.0 Å². The molecule has 0 saturated heterocycles. The van der Waals surface area contributed by atoms with E-state index >= 15 is 0 Å². The van der Waals surface area contributed by atoms with Crippen molar-refractivity contribution in [3.63, 3.8) is 0 Å². The summed E-state index contributed by atoms with van der Waals surface area (Å²) in [6.45, 7) is 10.1. The van der Waals surface area contributed by atoms with Gasteiger partial charge in [0.15, 0.2) is 0 Å². The summed E-state index contributed by atoms with van der Waals surface area (Å²) >= 11 is 0. The van der Waals surface area contributed by atoms with E-state index in [4.69, 9.17) is 0 Å². The Morgan fingerprint density at radius 3 is 2.10 bits per heavy atom. The molecule has 1 aromatic heterocycles. The average Bonchev–Trinajstić information content (AvgIpc) is 2.65. The van der Waals surface area contributed by atoms with Gasteiger partial charge in [-0.25, -0.2) is 18.1 Å². The molecule has 8 heteroatoms. The number of rotatable bonds is 8. The van der Waals surface area contributed by atoms with Gasteiger partial charge < -0.3 is 10.6 Å². The van der Waals surface area contributed by atoms with Crippen LogP contribution in [0.5, 0.6) is 0 Å². The molecule has 0 aliphatic rings. The van der Waals surface area contributed by atoms with Crippen LogP contribution in [0.15, 0.2) is 47.4 Å².